The molecular weight excluding hydrogens is 458 g/mol. The number of rotatable bonds is 11. The minimum atomic E-state index is -0.484. The zero-order valence-electron chi connectivity index (χ0n) is 21.1. The van der Waals surface area contributed by atoms with Gasteiger partial charge in [0, 0.05) is 44.6 Å². The van der Waals surface area contributed by atoms with Gasteiger partial charge in [0.1, 0.15) is 18.1 Å². The van der Waals surface area contributed by atoms with Crippen LogP contribution in [0.5, 0.6) is 0 Å². The molecule has 1 N–H and O–H groups in total. The quantitative estimate of drug-likeness (QED) is 0.408. The lowest BCUT2D eigenvalue weighted by molar-refractivity contribution is -0.126. The van der Waals surface area contributed by atoms with Crippen molar-refractivity contribution in [1.82, 2.24) is 25.1 Å². The number of aromatic nitrogens is 2. The van der Waals surface area contributed by atoms with Crippen LogP contribution in [0.1, 0.15) is 53.1 Å². The number of oxazole rings is 1. The maximum absolute atomic E-state index is 12.4. The Morgan fingerprint density at radius 2 is 1.97 bits per heavy atom. The predicted octanol–water partition coefficient (Wildman–Crippen LogP) is 3.13. The summed E-state index contributed by atoms with van der Waals surface area (Å²) < 4.78 is 5.80. The van der Waals surface area contributed by atoms with Crippen LogP contribution in [0.4, 0.5) is 0 Å². The summed E-state index contributed by atoms with van der Waals surface area (Å²) in [5.74, 6) is 0.411. The third kappa shape index (κ3) is 5.68. The molecule has 4 rings (SSSR count). The molecule has 36 heavy (non-hydrogen) atoms. The van der Waals surface area contributed by atoms with Crippen LogP contribution in [-0.2, 0) is 22.7 Å². The van der Waals surface area contributed by atoms with Gasteiger partial charge in [0.25, 0.3) is 0 Å². The Morgan fingerprint density at radius 3 is 2.67 bits per heavy atom. The maximum atomic E-state index is 12.4. The number of benzene rings is 1. The molecule has 9 nitrogen and oxygen atoms in total. The first-order chi connectivity index (χ1) is 17.4. The van der Waals surface area contributed by atoms with E-state index >= 15 is 0 Å². The van der Waals surface area contributed by atoms with E-state index in [1.54, 1.807) is 13.1 Å². The van der Waals surface area contributed by atoms with Gasteiger partial charge in [-0.15, -0.1) is 0 Å². The summed E-state index contributed by atoms with van der Waals surface area (Å²) in [6.07, 6.45) is 4.72. The van der Waals surface area contributed by atoms with Crippen molar-refractivity contribution in [3.63, 3.8) is 0 Å². The van der Waals surface area contributed by atoms with Crippen LogP contribution >= 0.6 is 0 Å². The first-order valence-corrected chi connectivity index (χ1v) is 12.4. The fourth-order valence-electron chi connectivity index (χ4n) is 4.87. The number of aldehydes is 2. The fourth-order valence-corrected chi connectivity index (χ4v) is 4.87. The van der Waals surface area contributed by atoms with E-state index in [1.165, 1.54) is 12.8 Å². The van der Waals surface area contributed by atoms with Crippen molar-refractivity contribution in [2.75, 3.05) is 27.2 Å². The zero-order valence-corrected chi connectivity index (χ0v) is 21.1. The number of carbonyl (C=O) groups excluding carboxylic acids is 3. The number of carbonyl (C=O) groups is 3. The van der Waals surface area contributed by atoms with Gasteiger partial charge < -0.3 is 14.5 Å². The maximum Gasteiger partial charge on any atom is 0.247 e. The average Bonchev–Trinajstić information content (AvgIpc) is 3.52. The summed E-state index contributed by atoms with van der Waals surface area (Å²) in [4.78, 5) is 48.8. The molecule has 1 aromatic carbocycles. The lowest BCUT2D eigenvalue weighted by Crippen LogP contribution is -2.43. The van der Waals surface area contributed by atoms with Gasteiger partial charge in [-0.2, -0.15) is 0 Å². The van der Waals surface area contributed by atoms with E-state index in [-0.39, 0.29) is 12.3 Å². The molecule has 1 saturated heterocycles. The normalized spacial score (nSPS) is 14.9. The monoisotopic (exact) mass is 491 g/mol. The van der Waals surface area contributed by atoms with E-state index < -0.39 is 6.04 Å². The van der Waals surface area contributed by atoms with E-state index in [1.807, 2.05) is 31.0 Å². The number of hydrogen-bond donors (Lipinski definition) is 1. The average molecular weight is 492 g/mol. The Bertz CT molecular complexity index is 1250. The Morgan fingerprint density at radius 1 is 1.19 bits per heavy atom. The second-order valence-electron chi connectivity index (χ2n) is 9.36. The van der Waals surface area contributed by atoms with Crippen LogP contribution in [0.25, 0.3) is 22.5 Å². The van der Waals surface area contributed by atoms with Gasteiger partial charge in [-0.05, 0) is 62.7 Å². The molecule has 1 amide bonds. The van der Waals surface area contributed by atoms with Gasteiger partial charge in [-0.1, -0.05) is 12.1 Å². The molecule has 0 radical (unpaired) electrons. The van der Waals surface area contributed by atoms with Gasteiger partial charge in [0.15, 0.2) is 5.89 Å². The minimum Gasteiger partial charge on any atom is -0.423 e. The largest absolute Gasteiger partial charge is 0.423 e. The second kappa shape index (κ2) is 11.5. The van der Waals surface area contributed by atoms with Crippen molar-refractivity contribution in [1.29, 1.82) is 0 Å². The van der Waals surface area contributed by atoms with Crippen LogP contribution < -0.4 is 5.32 Å². The van der Waals surface area contributed by atoms with Gasteiger partial charge in [0.2, 0.25) is 11.6 Å². The van der Waals surface area contributed by atoms with E-state index in [0.717, 1.165) is 60.1 Å². The lowest BCUT2D eigenvalue weighted by atomic mass is 10.00. The molecule has 1 fully saturated rings. The Labute approximate surface area is 210 Å². The molecule has 0 aliphatic carbocycles. The summed E-state index contributed by atoms with van der Waals surface area (Å²) in [6.45, 7) is 5.10. The molecular formula is C27H33N5O4. The number of fused-ring (bicyclic) bond motifs is 1. The Balaban J connectivity index is 1.68. The van der Waals surface area contributed by atoms with E-state index in [2.05, 4.69) is 21.3 Å². The number of likely N-dealkylation sites (N-methyl/N-ethyl adjacent to an activating group) is 2. The molecule has 0 bridgehead atoms. The molecule has 0 spiro atoms. The van der Waals surface area contributed by atoms with Crippen LogP contribution in [0.15, 0.2) is 28.7 Å². The van der Waals surface area contributed by atoms with Gasteiger partial charge in [0.05, 0.1) is 11.7 Å². The summed E-state index contributed by atoms with van der Waals surface area (Å²) in [5, 5.41) is 2.66. The van der Waals surface area contributed by atoms with Crippen LogP contribution in [-0.4, -0.2) is 71.5 Å². The zero-order chi connectivity index (χ0) is 25.7. The predicted molar refractivity (Wildman–Crippen MR) is 136 cm³/mol. The molecule has 1 aliphatic rings. The molecule has 1 atom stereocenters. The van der Waals surface area contributed by atoms with Crippen LogP contribution in [0, 0.1) is 6.92 Å². The first kappa shape index (κ1) is 25.7. The summed E-state index contributed by atoms with van der Waals surface area (Å²) in [5.41, 5.74) is 5.29. The van der Waals surface area contributed by atoms with Gasteiger partial charge >= 0.3 is 0 Å². The SMILES string of the molecule is CNC(=O)C(CCC=O)N(C)Cc1cc(-c2cc(CN3CCCC3)c3nc(C)oc3n2)ccc1C=O. The van der Waals surface area contributed by atoms with Crippen molar-refractivity contribution < 1.29 is 18.8 Å². The smallest absolute Gasteiger partial charge is 0.247 e. The van der Waals surface area contributed by atoms with E-state index in [4.69, 9.17) is 9.40 Å². The third-order valence-electron chi connectivity index (χ3n) is 6.77. The number of nitrogens with one attached hydrogen (secondary N) is 1. The third-order valence-corrected chi connectivity index (χ3v) is 6.77. The van der Waals surface area contributed by atoms with Crippen molar-refractivity contribution in [2.45, 2.75) is 51.7 Å². The van der Waals surface area contributed by atoms with Gasteiger partial charge in [-0.3, -0.25) is 19.4 Å². The van der Waals surface area contributed by atoms with Crippen molar-refractivity contribution in [2.24, 2.45) is 0 Å². The fraction of sp³-hybridized carbons (Fsp3) is 0.444. The standard InChI is InChI=1S/C27H33N5O4/c1-18-29-25-22(16-32-10-4-5-11-32)14-23(30-27(25)36-18)19-8-9-20(17-34)21(13-19)15-31(3)24(7-6-12-33)26(35)28-2/h8-9,12-14,17,24H,4-7,10-11,15-16H2,1-3H3,(H,28,35). The highest BCUT2D eigenvalue weighted by atomic mass is 16.4. The molecule has 9 heteroatoms. The highest BCUT2D eigenvalue weighted by Gasteiger charge is 2.23. The molecule has 3 heterocycles. The summed E-state index contributed by atoms with van der Waals surface area (Å²) in [7, 11) is 3.40. The molecule has 0 saturated carbocycles. The van der Waals surface area contributed by atoms with Crippen molar-refractivity contribution in [3.05, 3.63) is 46.8 Å². The highest BCUT2D eigenvalue weighted by Crippen LogP contribution is 2.29. The number of hydrogen-bond acceptors (Lipinski definition) is 8. The summed E-state index contributed by atoms with van der Waals surface area (Å²) in [6, 6.07) is 7.18. The van der Waals surface area contributed by atoms with Gasteiger partial charge in [-0.25, -0.2) is 9.97 Å². The second-order valence-corrected chi connectivity index (χ2v) is 9.36. The number of nitrogens with zero attached hydrogens (tertiary/aromatic N) is 4. The molecule has 1 aliphatic heterocycles. The first-order valence-electron chi connectivity index (χ1n) is 12.4. The minimum absolute atomic E-state index is 0.164. The number of pyridine rings is 1. The Kier molecular flexibility index (Phi) is 8.22. The van der Waals surface area contributed by atoms with E-state index in [0.29, 0.717) is 30.1 Å². The molecule has 1 unspecified atom stereocenters. The van der Waals surface area contributed by atoms with Crippen molar-refractivity contribution >= 4 is 29.7 Å². The molecule has 190 valence electrons. The topological polar surface area (TPSA) is 109 Å². The number of amides is 1. The summed E-state index contributed by atoms with van der Waals surface area (Å²) >= 11 is 0. The van der Waals surface area contributed by atoms with E-state index in [9.17, 15) is 14.4 Å². The van der Waals surface area contributed by atoms with Crippen molar-refractivity contribution in [3.8, 4) is 11.3 Å². The molecule has 2 aromatic heterocycles. The number of aryl methyl sites for hydroxylation is 1. The highest BCUT2D eigenvalue weighted by molar-refractivity contribution is 5.83. The van der Waals surface area contributed by atoms with Crippen LogP contribution in [0.3, 0.4) is 0 Å². The molecule has 3 aromatic rings. The lowest BCUT2D eigenvalue weighted by Gasteiger charge is -2.27. The Hall–Kier alpha value is -3.43. The van der Waals surface area contributed by atoms with Crippen LogP contribution in [0.2, 0.25) is 0 Å². The number of likely N-dealkylation sites (tertiary alicyclic amines) is 1.